The van der Waals surface area contributed by atoms with E-state index in [0.29, 0.717) is 13.1 Å². The minimum Gasteiger partial charge on any atom is -0.475 e. The number of carbonyl (C=O) groups is 3. The molecule has 0 saturated carbocycles. The summed E-state index contributed by atoms with van der Waals surface area (Å²) < 4.78 is 33.2. The molecule has 10 nitrogen and oxygen atoms in total. The molecule has 0 bridgehead atoms. The number of carbonyl (C=O) groups excluding carboxylic acids is 2. The van der Waals surface area contributed by atoms with Crippen molar-refractivity contribution >= 4 is 17.8 Å². The zero-order valence-electron chi connectivity index (χ0n) is 16.3. The summed E-state index contributed by atoms with van der Waals surface area (Å²) in [5.74, 6) is -2.37. The number of amides is 2. The van der Waals surface area contributed by atoms with Crippen LogP contribution >= 0.6 is 0 Å². The quantitative estimate of drug-likeness (QED) is 0.702. The van der Waals surface area contributed by atoms with Gasteiger partial charge in [-0.1, -0.05) is 0 Å². The van der Waals surface area contributed by atoms with Crippen LogP contribution in [0.5, 0.6) is 0 Å². The Labute approximate surface area is 164 Å². The number of aliphatic carboxylic acids is 1. The number of nitrogens with zero attached hydrogens (tertiary/aromatic N) is 6. The zero-order chi connectivity index (χ0) is 21.9. The smallest absolute Gasteiger partial charge is 0.475 e. The van der Waals surface area contributed by atoms with Crippen LogP contribution in [0.4, 0.5) is 13.2 Å². The van der Waals surface area contributed by atoms with Crippen LogP contribution in [0, 0.1) is 11.8 Å². The average Bonchev–Trinajstić information content (AvgIpc) is 3.29. The van der Waals surface area contributed by atoms with Crippen molar-refractivity contribution in [3.05, 3.63) is 12.2 Å². The maximum atomic E-state index is 12.4. The van der Waals surface area contributed by atoms with Gasteiger partial charge in [0.1, 0.15) is 6.33 Å². The van der Waals surface area contributed by atoms with Gasteiger partial charge in [0.2, 0.25) is 11.7 Å². The first-order valence-corrected chi connectivity index (χ1v) is 8.78. The van der Waals surface area contributed by atoms with E-state index in [1.807, 2.05) is 19.0 Å². The van der Waals surface area contributed by atoms with Gasteiger partial charge in [0, 0.05) is 45.7 Å². The van der Waals surface area contributed by atoms with Crippen LogP contribution in [0.25, 0.3) is 0 Å². The molecule has 2 saturated heterocycles. The van der Waals surface area contributed by atoms with Gasteiger partial charge in [-0.3, -0.25) is 14.3 Å². The van der Waals surface area contributed by atoms with Crippen LogP contribution in [-0.2, 0) is 16.6 Å². The van der Waals surface area contributed by atoms with Crippen molar-refractivity contribution in [1.29, 1.82) is 0 Å². The summed E-state index contributed by atoms with van der Waals surface area (Å²) in [5.41, 5.74) is 0. The Kier molecular flexibility index (Phi) is 6.82. The van der Waals surface area contributed by atoms with Crippen molar-refractivity contribution in [2.45, 2.75) is 6.18 Å². The standard InChI is InChI=1S/C14H22N6O2.C2HF3O2/c1-17(2)4-5-19-6-10-7-20(8-11(10)13(19)21)14(22)12-15-9-18(3)16-12;3-2(4,5)1(6)7/h9-11H,4-8H2,1-3H3;(H,6,7)/t10-,11+;/m1./s1. The zero-order valence-corrected chi connectivity index (χ0v) is 16.3. The third kappa shape index (κ3) is 5.65. The first kappa shape index (κ1) is 22.6. The summed E-state index contributed by atoms with van der Waals surface area (Å²) in [4.78, 5) is 43.4. The second kappa shape index (κ2) is 8.76. The first-order valence-electron chi connectivity index (χ1n) is 8.78. The van der Waals surface area contributed by atoms with Crippen LogP contribution in [0.3, 0.4) is 0 Å². The number of fused-ring (bicyclic) bond motifs is 1. The van der Waals surface area contributed by atoms with Crippen LogP contribution in [0.15, 0.2) is 6.33 Å². The number of carboxylic acid groups (broad SMARTS) is 1. The molecule has 3 heterocycles. The summed E-state index contributed by atoms with van der Waals surface area (Å²) in [6.45, 7) is 3.47. The van der Waals surface area contributed by atoms with Gasteiger partial charge in [-0.25, -0.2) is 9.78 Å². The Morgan fingerprint density at radius 2 is 1.90 bits per heavy atom. The van der Waals surface area contributed by atoms with Gasteiger partial charge in [-0.2, -0.15) is 13.2 Å². The van der Waals surface area contributed by atoms with Crippen molar-refractivity contribution in [3.8, 4) is 0 Å². The monoisotopic (exact) mass is 420 g/mol. The Hall–Kier alpha value is -2.70. The van der Waals surface area contributed by atoms with E-state index in [1.54, 1.807) is 11.9 Å². The van der Waals surface area contributed by atoms with Gasteiger partial charge in [0.25, 0.3) is 5.91 Å². The number of likely N-dealkylation sites (N-methyl/N-ethyl adjacent to an activating group) is 1. The normalized spacial score (nSPS) is 21.3. The molecule has 1 N–H and O–H groups in total. The topological polar surface area (TPSA) is 112 Å². The molecule has 0 aliphatic carbocycles. The molecule has 2 amide bonds. The molecule has 1 aromatic heterocycles. The SMILES string of the molecule is CN(C)CCN1C[C@@H]2CN(C(=O)c3ncn(C)n3)C[C@@H]2C1=O.O=C(O)C(F)(F)F. The summed E-state index contributed by atoms with van der Waals surface area (Å²) in [6, 6.07) is 0. The van der Waals surface area contributed by atoms with E-state index in [1.165, 1.54) is 11.0 Å². The Bertz CT molecular complexity index is 766. The Balaban J connectivity index is 0.000000370. The van der Waals surface area contributed by atoms with E-state index in [-0.39, 0.29) is 29.5 Å². The molecule has 0 radical (unpaired) electrons. The molecule has 2 atom stereocenters. The third-order valence-electron chi connectivity index (χ3n) is 4.66. The highest BCUT2D eigenvalue weighted by Gasteiger charge is 2.47. The van der Waals surface area contributed by atoms with E-state index >= 15 is 0 Å². The summed E-state index contributed by atoms with van der Waals surface area (Å²) in [7, 11) is 5.73. The van der Waals surface area contributed by atoms with Gasteiger partial charge < -0.3 is 19.8 Å². The van der Waals surface area contributed by atoms with E-state index in [0.717, 1.165) is 19.6 Å². The van der Waals surface area contributed by atoms with Gasteiger partial charge >= 0.3 is 12.1 Å². The van der Waals surface area contributed by atoms with Gasteiger partial charge in [-0.05, 0) is 14.1 Å². The molecule has 2 aliphatic rings. The maximum Gasteiger partial charge on any atom is 0.490 e. The second-order valence-corrected chi connectivity index (χ2v) is 7.21. The number of likely N-dealkylation sites (tertiary alicyclic amines) is 2. The number of hydrogen-bond donors (Lipinski definition) is 1. The number of hydrogen-bond acceptors (Lipinski definition) is 6. The number of alkyl halides is 3. The molecular formula is C16H23F3N6O4. The minimum absolute atomic E-state index is 0.0603. The Morgan fingerprint density at radius 1 is 1.28 bits per heavy atom. The molecule has 3 rings (SSSR count). The van der Waals surface area contributed by atoms with E-state index in [4.69, 9.17) is 9.90 Å². The average molecular weight is 420 g/mol. The van der Waals surface area contributed by atoms with E-state index in [2.05, 4.69) is 15.0 Å². The molecule has 0 unspecified atom stereocenters. The second-order valence-electron chi connectivity index (χ2n) is 7.21. The van der Waals surface area contributed by atoms with Crippen molar-refractivity contribution in [2.75, 3.05) is 46.8 Å². The van der Waals surface area contributed by atoms with Crippen molar-refractivity contribution in [1.82, 2.24) is 29.5 Å². The number of aryl methyl sites for hydroxylation is 1. The van der Waals surface area contributed by atoms with Crippen molar-refractivity contribution < 1.29 is 32.7 Å². The predicted molar refractivity (Wildman–Crippen MR) is 92.7 cm³/mol. The van der Waals surface area contributed by atoms with Crippen LogP contribution < -0.4 is 0 Å². The highest BCUT2D eigenvalue weighted by Crippen LogP contribution is 2.32. The maximum absolute atomic E-state index is 12.4. The van der Waals surface area contributed by atoms with Crippen LogP contribution in [0.1, 0.15) is 10.6 Å². The summed E-state index contributed by atoms with van der Waals surface area (Å²) in [6.07, 6.45) is -3.57. The fourth-order valence-corrected chi connectivity index (χ4v) is 3.21. The molecule has 13 heteroatoms. The van der Waals surface area contributed by atoms with Gasteiger partial charge in [0.05, 0.1) is 5.92 Å². The highest BCUT2D eigenvalue weighted by molar-refractivity contribution is 5.92. The number of halogens is 3. The van der Waals surface area contributed by atoms with E-state index in [9.17, 15) is 22.8 Å². The number of carboxylic acids is 1. The first-order chi connectivity index (χ1) is 13.4. The predicted octanol–water partition coefficient (Wildman–Crippen LogP) is -0.460. The highest BCUT2D eigenvalue weighted by atomic mass is 19.4. The largest absolute Gasteiger partial charge is 0.490 e. The molecular weight excluding hydrogens is 397 g/mol. The van der Waals surface area contributed by atoms with E-state index < -0.39 is 12.1 Å². The lowest BCUT2D eigenvalue weighted by molar-refractivity contribution is -0.192. The lowest BCUT2D eigenvalue weighted by Crippen LogP contribution is -2.38. The molecule has 2 fully saturated rings. The molecule has 1 aromatic rings. The fraction of sp³-hybridized carbons (Fsp3) is 0.688. The number of aromatic nitrogens is 3. The van der Waals surface area contributed by atoms with Crippen molar-refractivity contribution in [2.24, 2.45) is 18.9 Å². The van der Waals surface area contributed by atoms with Crippen molar-refractivity contribution in [3.63, 3.8) is 0 Å². The number of rotatable bonds is 4. The third-order valence-corrected chi connectivity index (χ3v) is 4.66. The lowest BCUT2D eigenvalue weighted by atomic mass is 10.0. The fourth-order valence-electron chi connectivity index (χ4n) is 3.21. The van der Waals surface area contributed by atoms with Gasteiger partial charge in [-0.15, -0.1) is 5.10 Å². The molecule has 29 heavy (non-hydrogen) atoms. The molecule has 0 aromatic carbocycles. The molecule has 0 spiro atoms. The molecule has 2 aliphatic heterocycles. The lowest BCUT2D eigenvalue weighted by Gasteiger charge is -2.22. The minimum atomic E-state index is -5.08. The van der Waals surface area contributed by atoms with Crippen LogP contribution in [-0.4, -0.2) is 105 Å². The summed E-state index contributed by atoms with van der Waals surface area (Å²) in [5, 5.41) is 11.2. The summed E-state index contributed by atoms with van der Waals surface area (Å²) >= 11 is 0. The van der Waals surface area contributed by atoms with Gasteiger partial charge in [0.15, 0.2) is 0 Å². The Morgan fingerprint density at radius 3 is 2.34 bits per heavy atom. The molecule has 162 valence electrons. The van der Waals surface area contributed by atoms with Crippen LogP contribution in [0.2, 0.25) is 0 Å².